The third kappa shape index (κ3) is 2.42. The van der Waals surface area contributed by atoms with Crippen molar-refractivity contribution < 1.29 is 13.9 Å². The first-order valence-corrected chi connectivity index (χ1v) is 9.08. The van der Waals surface area contributed by atoms with Crippen LogP contribution in [0.1, 0.15) is 17.7 Å². The van der Waals surface area contributed by atoms with Crippen LogP contribution in [0, 0.1) is 0 Å². The van der Waals surface area contributed by atoms with Gasteiger partial charge in [0.1, 0.15) is 10.4 Å². The van der Waals surface area contributed by atoms with Crippen LogP contribution in [0.5, 0.6) is 0 Å². The second-order valence-corrected chi connectivity index (χ2v) is 8.05. The van der Waals surface area contributed by atoms with Crippen molar-refractivity contribution in [2.45, 2.75) is 24.4 Å². The molecular formula is C19H15F2N3OS. The van der Waals surface area contributed by atoms with Crippen LogP contribution < -0.4 is 0 Å². The summed E-state index contributed by atoms with van der Waals surface area (Å²) in [5.74, 6) is -2.78. The number of nitrogens with zero attached hydrogens (tertiary/aromatic N) is 3. The van der Waals surface area contributed by atoms with Gasteiger partial charge < -0.3 is 5.11 Å². The van der Waals surface area contributed by atoms with Crippen molar-refractivity contribution in [3.8, 4) is 11.3 Å². The van der Waals surface area contributed by atoms with E-state index < -0.39 is 24.4 Å². The van der Waals surface area contributed by atoms with E-state index in [0.29, 0.717) is 4.88 Å². The number of hydrogen-bond acceptors (Lipinski definition) is 4. The van der Waals surface area contributed by atoms with E-state index in [1.807, 2.05) is 43.6 Å². The number of hydrogen-bond donors (Lipinski definition) is 1. The van der Waals surface area contributed by atoms with Crippen molar-refractivity contribution in [2.24, 2.45) is 7.05 Å². The Morgan fingerprint density at radius 1 is 1.12 bits per heavy atom. The number of thiophene rings is 1. The van der Waals surface area contributed by atoms with Crippen molar-refractivity contribution in [2.75, 3.05) is 0 Å². The first-order chi connectivity index (χ1) is 12.3. The molecule has 1 aliphatic carbocycles. The van der Waals surface area contributed by atoms with Gasteiger partial charge in [0, 0.05) is 47.3 Å². The Morgan fingerprint density at radius 3 is 2.69 bits per heavy atom. The second kappa shape index (κ2) is 5.08. The van der Waals surface area contributed by atoms with Crippen molar-refractivity contribution in [3.63, 3.8) is 0 Å². The molecule has 7 heteroatoms. The zero-order valence-corrected chi connectivity index (χ0v) is 14.7. The molecule has 132 valence electrons. The summed E-state index contributed by atoms with van der Waals surface area (Å²) in [6.45, 7) is 0. The maximum Gasteiger partial charge on any atom is 0.254 e. The number of rotatable bonds is 2. The minimum atomic E-state index is -2.78. The monoisotopic (exact) mass is 371 g/mol. The molecule has 1 saturated carbocycles. The van der Waals surface area contributed by atoms with Gasteiger partial charge >= 0.3 is 0 Å². The fraction of sp³-hybridized carbons (Fsp3) is 0.263. The van der Waals surface area contributed by atoms with Crippen LogP contribution in [0.15, 0.2) is 42.6 Å². The molecule has 0 amide bonds. The highest BCUT2D eigenvalue weighted by Gasteiger charge is 2.57. The summed E-state index contributed by atoms with van der Waals surface area (Å²) in [6.07, 6.45) is 0.918. The van der Waals surface area contributed by atoms with Gasteiger partial charge in [-0.1, -0.05) is 6.07 Å². The molecule has 0 bridgehead atoms. The normalized spacial score (nSPS) is 18.3. The fourth-order valence-corrected chi connectivity index (χ4v) is 4.71. The number of aryl methyl sites for hydroxylation is 1. The average Bonchev–Trinajstić information content (AvgIpc) is 3.13. The Morgan fingerprint density at radius 2 is 1.92 bits per heavy atom. The van der Waals surface area contributed by atoms with E-state index in [0.717, 1.165) is 32.4 Å². The Hall–Kier alpha value is -2.38. The number of fused-ring (bicyclic) bond motifs is 2. The van der Waals surface area contributed by atoms with Crippen LogP contribution >= 0.6 is 11.3 Å². The number of halogens is 2. The van der Waals surface area contributed by atoms with Crippen molar-refractivity contribution >= 4 is 32.5 Å². The minimum Gasteiger partial charge on any atom is -0.384 e. The smallest absolute Gasteiger partial charge is 0.254 e. The number of benzene rings is 1. The van der Waals surface area contributed by atoms with Gasteiger partial charge in [-0.15, -0.1) is 11.3 Å². The lowest BCUT2D eigenvalue weighted by Gasteiger charge is -2.42. The van der Waals surface area contributed by atoms with Crippen molar-refractivity contribution in [3.05, 3.63) is 47.5 Å². The van der Waals surface area contributed by atoms with Crippen LogP contribution in [0.2, 0.25) is 0 Å². The molecule has 1 fully saturated rings. The summed E-state index contributed by atoms with van der Waals surface area (Å²) in [5, 5.41) is 16.7. The van der Waals surface area contributed by atoms with Gasteiger partial charge in [0.2, 0.25) is 0 Å². The van der Waals surface area contributed by atoms with Gasteiger partial charge in [0.25, 0.3) is 5.92 Å². The quantitative estimate of drug-likeness (QED) is 0.566. The molecule has 4 nitrogen and oxygen atoms in total. The summed E-state index contributed by atoms with van der Waals surface area (Å²) in [7, 11) is 1.88. The highest BCUT2D eigenvalue weighted by Crippen LogP contribution is 2.53. The molecule has 0 radical (unpaired) electrons. The Balaban J connectivity index is 1.55. The molecule has 0 saturated heterocycles. The lowest BCUT2D eigenvalue weighted by atomic mass is 9.75. The average molecular weight is 371 g/mol. The van der Waals surface area contributed by atoms with Gasteiger partial charge in [-0.25, -0.2) is 13.8 Å². The molecular weight excluding hydrogens is 356 g/mol. The summed E-state index contributed by atoms with van der Waals surface area (Å²) >= 11 is 1.29. The van der Waals surface area contributed by atoms with E-state index >= 15 is 0 Å². The topological polar surface area (TPSA) is 50.9 Å². The molecule has 5 rings (SSSR count). The van der Waals surface area contributed by atoms with Gasteiger partial charge in [0.15, 0.2) is 0 Å². The van der Waals surface area contributed by atoms with Gasteiger partial charge in [-0.05, 0) is 30.3 Å². The third-order valence-electron chi connectivity index (χ3n) is 4.86. The molecule has 1 N–H and O–H groups in total. The predicted octanol–water partition coefficient (Wildman–Crippen LogP) is 4.47. The Bertz CT molecular complexity index is 1160. The van der Waals surface area contributed by atoms with E-state index in [-0.39, 0.29) is 0 Å². The minimum absolute atomic E-state index is 0.517. The lowest BCUT2D eigenvalue weighted by Crippen LogP contribution is -2.48. The van der Waals surface area contributed by atoms with Crippen LogP contribution in [0.3, 0.4) is 0 Å². The highest BCUT2D eigenvalue weighted by molar-refractivity contribution is 7.18. The molecule has 3 heterocycles. The van der Waals surface area contributed by atoms with E-state index in [1.54, 1.807) is 10.7 Å². The molecule has 1 aliphatic rings. The van der Waals surface area contributed by atoms with Crippen molar-refractivity contribution in [1.82, 2.24) is 14.8 Å². The van der Waals surface area contributed by atoms with Crippen LogP contribution in [0.25, 0.3) is 32.4 Å². The standard InChI is InChI=1S/C19H15F2N3OS/c1-24-8-13-6-11(2-5-15(13)23-24)14-4-3-12-7-16(26-17(12)22-14)18(25)9-19(20,21)10-18/h2-8,25H,9-10H2,1H3. The number of aromatic nitrogens is 3. The summed E-state index contributed by atoms with van der Waals surface area (Å²) < 4.78 is 28.2. The summed E-state index contributed by atoms with van der Waals surface area (Å²) in [4.78, 5) is 5.98. The molecule has 4 aromatic rings. The summed E-state index contributed by atoms with van der Waals surface area (Å²) in [5.41, 5.74) is 1.27. The maximum atomic E-state index is 13.2. The molecule has 0 unspecified atom stereocenters. The largest absolute Gasteiger partial charge is 0.384 e. The van der Waals surface area contributed by atoms with Crippen LogP contribution in [0.4, 0.5) is 8.78 Å². The van der Waals surface area contributed by atoms with Gasteiger partial charge in [-0.2, -0.15) is 5.10 Å². The van der Waals surface area contributed by atoms with E-state index in [9.17, 15) is 13.9 Å². The molecule has 26 heavy (non-hydrogen) atoms. The SMILES string of the molecule is Cn1cc2cc(-c3ccc4cc(C5(O)CC(F)(F)C5)sc4n3)ccc2n1. The van der Waals surface area contributed by atoms with Gasteiger partial charge in [0.05, 0.1) is 11.2 Å². The fourth-order valence-electron chi connectivity index (χ4n) is 3.59. The zero-order valence-electron chi connectivity index (χ0n) is 13.9. The second-order valence-electron chi connectivity index (χ2n) is 7.02. The van der Waals surface area contributed by atoms with Crippen LogP contribution in [-0.4, -0.2) is 25.8 Å². The molecule has 0 spiro atoms. The molecule has 0 atom stereocenters. The van der Waals surface area contributed by atoms with Crippen molar-refractivity contribution in [1.29, 1.82) is 0 Å². The number of alkyl halides is 2. The number of pyridine rings is 1. The van der Waals surface area contributed by atoms with E-state index in [1.165, 1.54) is 11.3 Å². The summed E-state index contributed by atoms with van der Waals surface area (Å²) in [6, 6.07) is 11.6. The zero-order chi connectivity index (χ0) is 18.1. The van der Waals surface area contributed by atoms with E-state index in [2.05, 4.69) is 10.1 Å². The third-order valence-corrected chi connectivity index (χ3v) is 6.10. The van der Waals surface area contributed by atoms with E-state index in [4.69, 9.17) is 0 Å². The van der Waals surface area contributed by atoms with Gasteiger partial charge in [-0.3, -0.25) is 4.68 Å². The first-order valence-electron chi connectivity index (χ1n) is 8.27. The molecule has 1 aromatic carbocycles. The molecule has 3 aromatic heterocycles. The highest BCUT2D eigenvalue weighted by atomic mass is 32.1. The molecule has 0 aliphatic heterocycles. The number of aliphatic hydroxyl groups is 1. The Labute approximate surface area is 151 Å². The predicted molar refractivity (Wildman–Crippen MR) is 97.4 cm³/mol. The Kier molecular flexibility index (Phi) is 3.10. The maximum absolute atomic E-state index is 13.2. The van der Waals surface area contributed by atoms with Crippen LogP contribution in [-0.2, 0) is 12.6 Å². The lowest BCUT2D eigenvalue weighted by molar-refractivity contribution is -0.208. The first kappa shape index (κ1) is 15.8.